The zero-order valence-corrected chi connectivity index (χ0v) is 14.7. The summed E-state index contributed by atoms with van der Waals surface area (Å²) in [4.78, 5) is 0. The van der Waals surface area contributed by atoms with Crippen molar-refractivity contribution in [2.75, 3.05) is 6.54 Å². The van der Waals surface area contributed by atoms with E-state index in [9.17, 15) is 0 Å². The Hall–Kier alpha value is -0.820. The molecule has 2 rings (SSSR count). The van der Waals surface area contributed by atoms with Crippen molar-refractivity contribution in [2.24, 2.45) is 5.92 Å². The van der Waals surface area contributed by atoms with Crippen LogP contribution in [0.3, 0.4) is 0 Å². The van der Waals surface area contributed by atoms with Crippen LogP contribution >= 0.6 is 0 Å². The second-order valence-electron chi connectivity index (χ2n) is 7.02. The molecule has 0 spiro atoms. The van der Waals surface area contributed by atoms with Crippen molar-refractivity contribution in [2.45, 2.75) is 79.2 Å². The Kier molecular flexibility index (Phi) is 5.87. The van der Waals surface area contributed by atoms with Crippen molar-refractivity contribution < 1.29 is 0 Å². The lowest BCUT2D eigenvalue weighted by molar-refractivity contribution is 0.301. The van der Waals surface area contributed by atoms with Crippen molar-refractivity contribution in [1.29, 1.82) is 0 Å². The fourth-order valence-electron chi connectivity index (χ4n) is 4.08. The van der Waals surface area contributed by atoms with E-state index in [1.54, 1.807) is 5.56 Å². The Morgan fingerprint density at radius 3 is 2.10 bits per heavy atom. The van der Waals surface area contributed by atoms with Gasteiger partial charge in [0.15, 0.2) is 0 Å². The van der Waals surface area contributed by atoms with Crippen molar-refractivity contribution in [1.82, 2.24) is 5.32 Å². The molecule has 118 valence electrons. The monoisotopic (exact) mass is 287 g/mol. The molecule has 1 N–H and O–H groups in total. The van der Waals surface area contributed by atoms with E-state index in [0.717, 1.165) is 12.5 Å². The largest absolute Gasteiger partial charge is 0.310 e. The number of hydrogen-bond acceptors (Lipinski definition) is 1. The lowest BCUT2D eigenvalue weighted by Crippen LogP contribution is -2.26. The molecule has 1 fully saturated rings. The molecule has 1 aliphatic carbocycles. The highest BCUT2D eigenvalue weighted by atomic mass is 14.9. The summed E-state index contributed by atoms with van der Waals surface area (Å²) in [6.45, 7) is 12.4. The molecule has 21 heavy (non-hydrogen) atoms. The summed E-state index contributed by atoms with van der Waals surface area (Å²) < 4.78 is 0. The second-order valence-corrected chi connectivity index (χ2v) is 7.02. The van der Waals surface area contributed by atoms with Gasteiger partial charge in [-0.25, -0.2) is 0 Å². The van der Waals surface area contributed by atoms with E-state index in [2.05, 4.69) is 46.0 Å². The summed E-state index contributed by atoms with van der Waals surface area (Å²) in [5.74, 6) is 0.919. The summed E-state index contributed by atoms with van der Waals surface area (Å²) in [5, 5.41) is 3.78. The fourth-order valence-corrected chi connectivity index (χ4v) is 4.08. The van der Waals surface area contributed by atoms with Gasteiger partial charge >= 0.3 is 0 Å². The van der Waals surface area contributed by atoms with Gasteiger partial charge in [-0.1, -0.05) is 45.1 Å². The number of hydrogen-bond donors (Lipinski definition) is 1. The van der Waals surface area contributed by atoms with Gasteiger partial charge < -0.3 is 5.32 Å². The van der Waals surface area contributed by atoms with Crippen molar-refractivity contribution in [3.05, 3.63) is 33.9 Å². The Labute approximate surface area is 131 Å². The first-order valence-corrected chi connectivity index (χ1v) is 8.85. The first-order chi connectivity index (χ1) is 10.0. The van der Waals surface area contributed by atoms with Crippen LogP contribution in [0.1, 0.15) is 79.3 Å². The zero-order chi connectivity index (χ0) is 15.4. The lowest BCUT2D eigenvalue weighted by atomic mass is 9.80. The lowest BCUT2D eigenvalue weighted by Gasteiger charge is -2.30. The van der Waals surface area contributed by atoms with Crippen LogP contribution in [-0.2, 0) is 0 Å². The van der Waals surface area contributed by atoms with Gasteiger partial charge in [0.2, 0.25) is 0 Å². The Morgan fingerprint density at radius 1 is 1.00 bits per heavy atom. The fraction of sp³-hybridized carbons (Fsp3) is 0.700. The van der Waals surface area contributed by atoms with Crippen LogP contribution in [0.25, 0.3) is 0 Å². The minimum Gasteiger partial charge on any atom is -0.310 e. The van der Waals surface area contributed by atoms with Crippen molar-refractivity contribution in [3.63, 3.8) is 0 Å². The van der Waals surface area contributed by atoms with E-state index in [-0.39, 0.29) is 0 Å². The maximum absolute atomic E-state index is 3.78. The molecule has 0 aliphatic heterocycles. The maximum Gasteiger partial charge on any atom is 0.0328 e. The van der Waals surface area contributed by atoms with Gasteiger partial charge in [-0.2, -0.15) is 0 Å². The van der Waals surface area contributed by atoms with E-state index >= 15 is 0 Å². The van der Waals surface area contributed by atoms with Crippen molar-refractivity contribution >= 4 is 0 Å². The average Bonchev–Trinajstić information content (AvgIpc) is 2.47. The minimum absolute atomic E-state index is 0.539. The quantitative estimate of drug-likeness (QED) is 0.749. The van der Waals surface area contributed by atoms with Gasteiger partial charge in [0.1, 0.15) is 0 Å². The van der Waals surface area contributed by atoms with Crippen LogP contribution in [0.2, 0.25) is 0 Å². The van der Waals surface area contributed by atoms with E-state index in [0.29, 0.717) is 6.04 Å². The molecule has 1 aromatic rings. The van der Waals surface area contributed by atoms with Gasteiger partial charge in [-0.15, -0.1) is 0 Å². The highest BCUT2D eigenvalue weighted by molar-refractivity contribution is 5.45. The molecule has 0 amide bonds. The summed E-state index contributed by atoms with van der Waals surface area (Å²) in [5.41, 5.74) is 7.47. The van der Waals surface area contributed by atoms with Gasteiger partial charge in [-0.05, 0) is 74.4 Å². The Morgan fingerprint density at radius 2 is 1.57 bits per heavy atom. The third-order valence-corrected chi connectivity index (χ3v) is 5.52. The molecule has 0 radical (unpaired) electrons. The Bertz CT molecular complexity index is 443. The van der Waals surface area contributed by atoms with E-state index < -0.39 is 0 Å². The van der Waals surface area contributed by atoms with E-state index in [4.69, 9.17) is 0 Å². The van der Waals surface area contributed by atoms with Gasteiger partial charge in [0.05, 0.1) is 0 Å². The number of rotatable bonds is 5. The molecule has 1 nitrogen and oxygen atoms in total. The van der Waals surface area contributed by atoms with Crippen LogP contribution in [0, 0.1) is 33.6 Å². The molecular formula is C20H33N. The second kappa shape index (κ2) is 7.45. The predicted molar refractivity (Wildman–Crippen MR) is 93.0 cm³/mol. The average molecular weight is 287 g/mol. The third kappa shape index (κ3) is 3.88. The molecule has 0 saturated heterocycles. The van der Waals surface area contributed by atoms with E-state index in [1.807, 2.05) is 0 Å². The zero-order valence-electron chi connectivity index (χ0n) is 14.7. The molecule has 0 aromatic heterocycles. The number of aryl methyl sites for hydroxylation is 2. The predicted octanol–water partition coefficient (Wildman–Crippen LogP) is 5.54. The first kappa shape index (κ1) is 16.5. The van der Waals surface area contributed by atoms with Crippen molar-refractivity contribution in [3.8, 4) is 0 Å². The number of nitrogens with one attached hydrogen (secondary N) is 1. The molecule has 1 atom stereocenters. The molecule has 0 bridgehead atoms. The summed E-state index contributed by atoms with van der Waals surface area (Å²) in [6.07, 6.45) is 8.51. The molecule has 1 heteroatoms. The van der Waals surface area contributed by atoms with Gasteiger partial charge in [-0.3, -0.25) is 0 Å². The normalized spacial score (nSPS) is 18.0. The third-order valence-electron chi connectivity index (χ3n) is 5.52. The van der Waals surface area contributed by atoms with Crippen LogP contribution in [-0.4, -0.2) is 6.54 Å². The molecule has 1 aliphatic rings. The molecule has 1 aromatic carbocycles. The van der Waals surface area contributed by atoms with Gasteiger partial charge in [0, 0.05) is 6.04 Å². The minimum atomic E-state index is 0.539. The first-order valence-electron chi connectivity index (χ1n) is 8.85. The molecule has 1 unspecified atom stereocenters. The molecule has 0 heterocycles. The smallest absolute Gasteiger partial charge is 0.0328 e. The van der Waals surface area contributed by atoms with Crippen LogP contribution in [0.4, 0.5) is 0 Å². The standard InChI is InChI=1S/C20H33N/c1-6-21-19(13-18-10-8-7-9-11-18)20-16(4)14(2)12-15(3)17(20)5/h12,18-19,21H,6-11,13H2,1-5H3. The topological polar surface area (TPSA) is 12.0 Å². The SMILES string of the molecule is CCNC(CC1CCCCC1)c1c(C)c(C)cc(C)c1C. The van der Waals surface area contributed by atoms with Crippen LogP contribution in [0.5, 0.6) is 0 Å². The Balaban J connectivity index is 2.28. The van der Waals surface area contributed by atoms with Crippen LogP contribution in [0.15, 0.2) is 6.07 Å². The summed E-state index contributed by atoms with van der Waals surface area (Å²) in [7, 11) is 0. The summed E-state index contributed by atoms with van der Waals surface area (Å²) in [6, 6.07) is 2.88. The van der Waals surface area contributed by atoms with E-state index in [1.165, 1.54) is 60.8 Å². The van der Waals surface area contributed by atoms with Crippen LogP contribution < -0.4 is 5.32 Å². The highest BCUT2D eigenvalue weighted by Gasteiger charge is 2.23. The maximum atomic E-state index is 3.78. The highest BCUT2D eigenvalue weighted by Crippen LogP contribution is 2.35. The number of benzene rings is 1. The van der Waals surface area contributed by atoms with Gasteiger partial charge in [0.25, 0.3) is 0 Å². The molecular weight excluding hydrogens is 254 g/mol. The molecule has 1 saturated carbocycles. The summed E-state index contributed by atoms with van der Waals surface area (Å²) >= 11 is 0.